The second-order valence-corrected chi connectivity index (χ2v) is 10.0. The van der Waals surface area contributed by atoms with E-state index in [0.717, 1.165) is 37.8 Å². The van der Waals surface area contributed by atoms with E-state index in [1.807, 2.05) is 49.0 Å². The molecule has 2 fully saturated rings. The fourth-order valence-electron chi connectivity index (χ4n) is 5.91. The van der Waals surface area contributed by atoms with Crippen LogP contribution in [0, 0.1) is 0 Å². The van der Waals surface area contributed by atoms with Gasteiger partial charge in [-0.15, -0.1) is 5.10 Å². The molecule has 3 unspecified atom stereocenters. The minimum atomic E-state index is -0.693. The van der Waals surface area contributed by atoms with Crippen LogP contribution in [-0.4, -0.2) is 66.4 Å². The summed E-state index contributed by atoms with van der Waals surface area (Å²) in [6.45, 7) is 3.45. The van der Waals surface area contributed by atoms with Gasteiger partial charge in [-0.3, -0.25) is 9.47 Å². The molecule has 5 rings (SSSR count). The first kappa shape index (κ1) is 24.2. The number of ether oxygens (including phenoxy) is 1. The number of rotatable bonds is 9. The minimum Gasteiger partial charge on any atom is -0.390 e. The molecule has 9 heteroatoms. The third kappa shape index (κ3) is 4.94. The molecule has 3 aliphatic rings. The Morgan fingerprint density at radius 1 is 1.26 bits per heavy atom. The number of hydrogen-bond acceptors (Lipinski definition) is 5. The smallest absolute Gasteiger partial charge is 0.346 e. The molecular weight excluding hydrogens is 449 g/mol. The Labute approximate surface area is 205 Å². The van der Waals surface area contributed by atoms with Gasteiger partial charge in [0.25, 0.3) is 0 Å². The zero-order chi connectivity index (χ0) is 24.5. The van der Waals surface area contributed by atoms with Crippen LogP contribution < -0.4 is 5.69 Å². The number of nitrogens with zero attached hydrogens (tertiary/aromatic N) is 5. The lowest BCUT2D eigenvalue weighted by Crippen LogP contribution is -2.49. The molecule has 0 amide bonds. The van der Waals surface area contributed by atoms with E-state index in [4.69, 9.17) is 4.74 Å². The summed E-state index contributed by atoms with van der Waals surface area (Å²) in [4.78, 5) is 15.3. The van der Waals surface area contributed by atoms with Gasteiger partial charge >= 0.3 is 5.69 Å². The second-order valence-electron chi connectivity index (χ2n) is 10.0. The maximum atomic E-state index is 14.0. The summed E-state index contributed by atoms with van der Waals surface area (Å²) in [6, 6.07) is 4.56. The molecule has 2 saturated heterocycles. The van der Waals surface area contributed by atoms with Crippen molar-refractivity contribution in [3.8, 4) is 11.5 Å². The van der Waals surface area contributed by atoms with Crippen molar-refractivity contribution in [1.82, 2.24) is 23.8 Å². The topological polar surface area (TPSA) is 77.4 Å². The second kappa shape index (κ2) is 10.2. The summed E-state index contributed by atoms with van der Waals surface area (Å²) in [5, 5.41) is 15.5. The molecular formula is C26H36FN5O3. The van der Waals surface area contributed by atoms with Gasteiger partial charge in [0.05, 0.1) is 31.1 Å². The van der Waals surface area contributed by atoms with Gasteiger partial charge in [0.1, 0.15) is 5.83 Å². The predicted molar refractivity (Wildman–Crippen MR) is 132 cm³/mol. The number of aliphatic hydroxyl groups excluding tert-OH is 1. The standard InChI is InChI=1S/C26H36FN5O3/c1-3-30-25(24-9-6-12-29(24)2)28-32(26(30)34)16-21(33)15-31-19-10-11-20(31)14-22(13-19)35-17-18-7-4-5-8-23(18)27/h4,6-7,9,12,19-22,33H,3,5,8,10-11,13-17H2,1-2H3. The van der Waals surface area contributed by atoms with E-state index in [1.165, 1.54) is 4.68 Å². The van der Waals surface area contributed by atoms with Gasteiger partial charge < -0.3 is 14.4 Å². The molecule has 2 bridgehead atoms. The molecule has 2 aromatic rings. The molecule has 0 spiro atoms. The Balaban J connectivity index is 1.20. The van der Waals surface area contributed by atoms with Crippen molar-refractivity contribution >= 4 is 0 Å². The van der Waals surface area contributed by atoms with Gasteiger partial charge in [-0.25, -0.2) is 13.9 Å². The molecule has 3 atom stereocenters. The van der Waals surface area contributed by atoms with Gasteiger partial charge in [0, 0.05) is 50.4 Å². The van der Waals surface area contributed by atoms with Crippen molar-refractivity contribution in [2.24, 2.45) is 7.05 Å². The molecule has 4 heterocycles. The van der Waals surface area contributed by atoms with Crippen molar-refractivity contribution in [2.45, 2.75) is 82.8 Å². The van der Waals surface area contributed by atoms with E-state index in [9.17, 15) is 14.3 Å². The highest BCUT2D eigenvalue weighted by Gasteiger charge is 2.41. The third-order valence-electron chi connectivity index (χ3n) is 7.73. The zero-order valence-electron chi connectivity index (χ0n) is 20.6. The molecule has 1 aliphatic carbocycles. The first-order chi connectivity index (χ1) is 16.9. The van der Waals surface area contributed by atoms with Gasteiger partial charge in [-0.1, -0.05) is 12.2 Å². The summed E-state index contributed by atoms with van der Waals surface area (Å²) in [5.41, 5.74) is 1.35. The van der Waals surface area contributed by atoms with E-state index < -0.39 is 6.10 Å². The van der Waals surface area contributed by atoms with Crippen LogP contribution in [0.15, 0.2) is 46.7 Å². The number of aliphatic hydroxyl groups is 1. The lowest BCUT2D eigenvalue weighted by Gasteiger charge is -2.39. The van der Waals surface area contributed by atoms with E-state index in [0.29, 0.717) is 49.6 Å². The van der Waals surface area contributed by atoms with Gasteiger partial charge in [-0.05, 0) is 51.2 Å². The zero-order valence-corrected chi connectivity index (χ0v) is 20.6. The molecule has 2 aliphatic heterocycles. The van der Waals surface area contributed by atoms with Crippen LogP contribution in [0.2, 0.25) is 0 Å². The number of hydrogen-bond donors (Lipinski definition) is 1. The fourth-order valence-corrected chi connectivity index (χ4v) is 5.91. The highest BCUT2D eigenvalue weighted by atomic mass is 19.1. The average Bonchev–Trinajstić information content (AvgIpc) is 3.46. The lowest BCUT2D eigenvalue weighted by atomic mass is 9.99. The van der Waals surface area contributed by atoms with Crippen LogP contribution in [0.4, 0.5) is 4.39 Å². The van der Waals surface area contributed by atoms with Crippen LogP contribution in [0.5, 0.6) is 0 Å². The summed E-state index contributed by atoms with van der Waals surface area (Å²) in [7, 11) is 1.93. The molecule has 0 saturated carbocycles. The number of fused-ring (bicyclic) bond motifs is 2. The molecule has 35 heavy (non-hydrogen) atoms. The number of allylic oxidation sites excluding steroid dienone is 2. The van der Waals surface area contributed by atoms with Crippen molar-refractivity contribution in [3.05, 3.63) is 52.4 Å². The highest BCUT2D eigenvalue weighted by molar-refractivity contribution is 5.50. The number of halogens is 1. The van der Waals surface area contributed by atoms with Gasteiger partial charge in [0.15, 0.2) is 5.82 Å². The van der Waals surface area contributed by atoms with Crippen LogP contribution in [0.25, 0.3) is 11.5 Å². The first-order valence-electron chi connectivity index (χ1n) is 12.8. The van der Waals surface area contributed by atoms with E-state index in [-0.39, 0.29) is 24.2 Å². The Hall–Kier alpha value is -2.49. The fraction of sp³-hybridized carbons (Fsp3) is 0.615. The summed E-state index contributed by atoms with van der Waals surface area (Å²) in [5.74, 6) is 0.571. The lowest BCUT2D eigenvalue weighted by molar-refractivity contribution is -0.0267. The normalized spacial score (nSPS) is 25.5. The number of piperidine rings is 1. The summed E-state index contributed by atoms with van der Waals surface area (Å²) in [6.07, 6.45) is 10.4. The van der Waals surface area contributed by atoms with Gasteiger partial charge in [0.2, 0.25) is 0 Å². The molecule has 8 nitrogen and oxygen atoms in total. The molecule has 2 aromatic heterocycles. The van der Waals surface area contributed by atoms with Crippen molar-refractivity contribution < 1.29 is 14.2 Å². The maximum Gasteiger partial charge on any atom is 0.346 e. The van der Waals surface area contributed by atoms with Crippen LogP contribution in [0.1, 0.15) is 45.4 Å². The maximum absolute atomic E-state index is 14.0. The van der Waals surface area contributed by atoms with E-state index in [1.54, 1.807) is 4.57 Å². The van der Waals surface area contributed by atoms with Crippen molar-refractivity contribution in [1.29, 1.82) is 0 Å². The monoisotopic (exact) mass is 485 g/mol. The number of aryl methyl sites for hydroxylation is 1. The Kier molecular flexibility index (Phi) is 7.09. The average molecular weight is 486 g/mol. The van der Waals surface area contributed by atoms with Crippen LogP contribution >= 0.6 is 0 Å². The van der Waals surface area contributed by atoms with E-state index >= 15 is 0 Å². The van der Waals surface area contributed by atoms with Gasteiger partial charge in [-0.2, -0.15) is 0 Å². The van der Waals surface area contributed by atoms with Crippen LogP contribution in [0.3, 0.4) is 0 Å². The molecule has 0 radical (unpaired) electrons. The predicted octanol–water partition coefficient (Wildman–Crippen LogP) is 3.02. The SMILES string of the molecule is CCn1c(-c2cccn2C)nn(CC(O)CN2C3CCC2CC(OCC2=C(F)CCC=C2)C3)c1=O. The van der Waals surface area contributed by atoms with Crippen molar-refractivity contribution in [3.63, 3.8) is 0 Å². The summed E-state index contributed by atoms with van der Waals surface area (Å²) >= 11 is 0. The van der Waals surface area contributed by atoms with E-state index in [2.05, 4.69) is 10.00 Å². The largest absolute Gasteiger partial charge is 0.390 e. The number of aromatic nitrogens is 4. The van der Waals surface area contributed by atoms with Crippen molar-refractivity contribution in [2.75, 3.05) is 13.2 Å². The first-order valence-corrected chi connectivity index (χ1v) is 12.8. The Morgan fingerprint density at radius 3 is 2.69 bits per heavy atom. The Morgan fingerprint density at radius 2 is 2.03 bits per heavy atom. The minimum absolute atomic E-state index is 0.0490. The molecule has 0 aromatic carbocycles. The summed E-state index contributed by atoms with van der Waals surface area (Å²) < 4.78 is 25.1. The quantitative estimate of drug-likeness (QED) is 0.591. The Bertz CT molecular complexity index is 1150. The van der Waals surface area contributed by atoms with Crippen LogP contribution in [-0.2, 0) is 24.9 Å². The molecule has 1 N–H and O–H groups in total. The third-order valence-corrected chi connectivity index (χ3v) is 7.73. The highest BCUT2D eigenvalue weighted by Crippen LogP contribution is 2.37. The molecule has 190 valence electrons.